The maximum Gasteiger partial charge on any atom is 0.415 e. The summed E-state index contributed by atoms with van der Waals surface area (Å²) in [6.07, 6.45) is 0.789. The van der Waals surface area contributed by atoms with Crippen molar-refractivity contribution < 1.29 is 95.7 Å². The molecule has 24 heteroatoms. The zero-order valence-corrected chi connectivity index (χ0v) is 101. The van der Waals surface area contributed by atoms with Gasteiger partial charge in [-0.05, 0) is 309 Å². The Labute approximate surface area is 897 Å². The standard InChI is InChI=1S/C31H48O6.C29H46N2O6.C23H36O2.C21H31NO4S.C20H32O2/c1-20(28(2,3)4)14-24-22(18-36-26(33)30(8,9)10)15-21(17-35-25(32)29(5,6)7)16-23(24)19-37-27(34)31(11,12)13;1-20(27(2,3)4)30(11)15-16-31(12)26(34)37-23-14-13-21(18-35-24(32)28(5,6)7)17-22(23)19-36-25(33)29(8,9)10;1-16(21(2,3)4)13-18-14-19(22(5,6)7)12-11-17(18)15-25-20(24)23(8,9)10;1-14(20(2,3)4)22-17(15-8-10-16(11-9-15)18(23)24)27-13-12-26-19(25)21(5,6)7;1-18(2,3)15-11-10-14(16(12-15)19(4,5)6)13-22-17(21)20(7,8)9/h15-16H,1,14,17-19H2,2-13H3;13-14,17H,1,15-16,18-19H2,2-12H3;11-12,14H,1,13,15H2,2-10H3;8-11,17,22H,1,12-13H2,2-7H3,(H,23,24);10-12H,13H2,1-9H3. The molecule has 0 radical (unpaired) electrons. The van der Waals surface area contributed by atoms with Crippen molar-refractivity contribution in [2.45, 2.75) is 392 Å². The van der Waals surface area contributed by atoms with Gasteiger partial charge in [-0.15, -0.1) is 11.8 Å². The quantitative estimate of drug-likeness (QED) is 0.0137. The number of allylic oxidation sites excluding steroid dienone is 4. The highest BCUT2D eigenvalue weighted by molar-refractivity contribution is 7.99. The van der Waals surface area contributed by atoms with Crippen LogP contribution in [0, 0.1) is 65.0 Å². The van der Waals surface area contributed by atoms with Crippen molar-refractivity contribution in [2.75, 3.05) is 39.5 Å². The van der Waals surface area contributed by atoms with Gasteiger partial charge in [0.25, 0.3) is 0 Å². The summed E-state index contributed by atoms with van der Waals surface area (Å²) in [5.41, 5.74) is 12.0. The average molecular weight is 2080 g/mol. The van der Waals surface area contributed by atoms with Crippen LogP contribution in [0.1, 0.15) is 400 Å². The zero-order valence-electron chi connectivity index (χ0n) is 100. The number of carbonyl (C=O) groups excluding carboxylic acids is 9. The normalized spacial score (nSPS) is 12.6. The van der Waals surface area contributed by atoms with Crippen LogP contribution >= 0.6 is 11.8 Å². The van der Waals surface area contributed by atoms with Crippen molar-refractivity contribution in [1.29, 1.82) is 0 Å². The molecule has 5 rings (SSSR count). The van der Waals surface area contributed by atoms with Gasteiger partial charge >= 0.3 is 59.8 Å². The fraction of sp³-hybridized carbons (Fsp3) is 0.613. The maximum atomic E-state index is 12.8. The van der Waals surface area contributed by atoms with Crippen LogP contribution in [0.5, 0.6) is 5.75 Å². The zero-order chi connectivity index (χ0) is 116. The van der Waals surface area contributed by atoms with E-state index in [1.54, 1.807) is 165 Å². The Bertz CT molecular complexity index is 5290. The van der Waals surface area contributed by atoms with Gasteiger partial charge in [-0.2, -0.15) is 0 Å². The van der Waals surface area contributed by atoms with Crippen molar-refractivity contribution >= 4 is 71.6 Å². The molecule has 0 aliphatic rings. The van der Waals surface area contributed by atoms with Crippen LogP contribution in [0.4, 0.5) is 4.79 Å². The number of carbonyl (C=O) groups is 10. The highest BCUT2D eigenvalue weighted by Gasteiger charge is 2.35. The molecular weight excluding hydrogens is 1880 g/mol. The molecule has 0 spiro atoms. The van der Waals surface area contributed by atoms with Gasteiger partial charge in [0.1, 0.15) is 58.6 Å². The minimum absolute atomic E-state index is 0.0186. The summed E-state index contributed by atoms with van der Waals surface area (Å²) in [6.45, 7) is 108. The Morgan fingerprint density at radius 1 is 0.324 bits per heavy atom. The number of amides is 1. The molecule has 5 aromatic carbocycles. The van der Waals surface area contributed by atoms with Crippen LogP contribution in [0.3, 0.4) is 0 Å². The molecule has 5 aromatic rings. The van der Waals surface area contributed by atoms with Crippen LogP contribution in [0.2, 0.25) is 0 Å². The van der Waals surface area contributed by atoms with Crippen LogP contribution in [-0.4, -0.2) is 114 Å². The molecule has 0 aromatic heterocycles. The Morgan fingerprint density at radius 2 is 0.655 bits per heavy atom. The molecule has 0 saturated heterocycles. The van der Waals surface area contributed by atoms with E-state index in [-0.39, 0.29) is 135 Å². The fourth-order valence-electron chi connectivity index (χ4n) is 12.3. The maximum absolute atomic E-state index is 12.8. The number of carboxylic acid groups (broad SMARTS) is 1. The third-order valence-electron chi connectivity index (χ3n) is 23.7. The molecule has 148 heavy (non-hydrogen) atoms. The van der Waals surface area contributed by atoms with E-state index in [2.05, 4.69) is 213 Å². The lowest BCUT2D eigenvalue weighted by atomic mass is 9.78. The Hall–Kier alpha value is -10.5. The van der Waals surface area contributed by atoms with Gasteiger partial charge in [0.2, 0.25) is 0 Å². The van der Waals surface area contributed by atoms with Gasteiger partial charge in [-0.1, -0.05) is 237 Å². The van der Waals surface area contributed by atoms with E-state index >= 15 is 0 Å². The summed E-state index contributed by atoms with van der Waals surface area (Å²) in [6, 6.07) is 28.6. The molecule has 0 aliphatic carbocycles. The van der Waals surface area contributed by atoms with E-state index in [0.717, 1.165) is 62.3 Å². The van der Waals surface area contributed by atoms with Crippen molar-refractivity contribution in [2.24, 2.45) is 65.0 Å². The number of hydrogen-bond donors (Lipinski definition) is 2. The lowest BCUT2D eigenvalue weighted by Crippen LogP contribution is -2.37. The number of benzene rings is 5. The molecule has 0 saturated carbocycles. The number of carboxylic acids is 1. The van der Waals surface area contributed by atoms with Crippen molar-refractivity contribution in [3.63, 3.8) is 0 Å². The van der Waals surface area contributed by atoms with Gasteiger partial charge in [-0.25, -0.2) is 9.59 Å². The molecule has 1 atom stereocenters. The number of rotatable bonds is 31. The SMILES string of the molecule is C=C(Cc1c(COC(=O)C(C)(C)C)cc(COC(=O)C(C)(C)C)cc1COC(=O)C(C)(C)C)C(C)(C)C.C=C(Cc1cc(C(C)(C)C)ccc1COC(=O)C(C)(C)C)C(C)(C)C.C=C(N(C)CCN(C)C(=O)Oc1ccc(COC(=O)C(C)(C)C)cc1COC(=O)C(C)(C)C)C(C)(C)C.C=C(NC(SCCOC(=O)C(C)(C)C)c1ccc(C(=O)O)cc1)C(C)(C)C.CC(C)(C)C(=O)OCc1ccc(C(C)(C)C)cc1C(C)(C)C. The monoisotopic (exact) mass is 2080 g/mol. The predicted octanol–water partition coefficient (Wildman–Crippen LogP) is 29.3. The molecule has 0 bridgehead atoms. The van der Waals surface area contributed by atoms with E-state index in [9.17, 15) is 47.9 Å². The first-order valence-corrected chi connectivity index (χ1v) is 52.5. The van der Waals surface area contributed by atoms with Gasteiger partial charge in [0.05, 0.1) is 54.3 Å². The average Bonchev–Trinajstić information content (AvgIpc) is 0.797. The molecule has 1 unspecified atom stereocenters. The summed E-state index contributed by atoms with van der Waals surface area (Å²) in [5.74, 6) is -2.30. The third kappa shape index (κ3) is 49.1. The Balaban J connectivity index is 0.000000938. The fourth-order valence-corrected chi connectivity index (χ4v) is 13.3. The third-order valence-corrected chi connectivity index (χ3v) is 24.8. The van der Waals surface area contributed by atoms with Crippen LogP contribution in [0.25, 0.3) is 0 Å². The first kappa shape index (κ1) is 136. The van der Waals surface area contributed by atoms with E-state index in [1.807, 2.05) is 86.4 Å². The number of nitrogens with zero attached hydrogens (tertiary/aromatic N) is 2. The van der Waals surface area contributed by atoms with Gasteiger partial charge in [-0.3, -0.25) is 38.4 Å². The first-order chi connectivity index (χ1) is 66.4. The number of nitrogens with one attached hydrogen (secondary N) is 1. The van der Waals surface area contributed by atoms with Gasteiger partial charge in [0.15, 0.2) is 0 Å². The second-order valence-corrected chi connectivity index (χ2v) is 55.3. The molecule has 0 fully saturated rings. The minimum Gasteiger partial charge on any atom is -0.478 e. The second kappa shape index (κ2) is 54.5. The van der Waals surface area contributed by atoms with Crippen molar-refractivity contribution in [3.05, 3.63) is 218 Å². The number of likely N-dealkylation sites (N-methyl/N-ethyl adjacent to an activating group) is 2. The number of thioether (sulfide) groups is 1. The van der Waals surface area contributed by atoms with Crippen LogP contribution in [-0.2, 0) is 152 Å². The minimum atomic E-state index is -0.952. The summed E-state index contributed by atoms with van der Waals surface area (Å²) in [4.78, 5) is 125. The van der Waals surface area contributed by atoms with E-state index < -0.39 is 55.4 Å². The largest absolute Gasteiger partial charge is 0.478 e. The molecule has 23 nitrogen and oxygen atoms in total. The molecule has 830 valence electrons. The van der Waals surface area contributed by atoms with Crippen molar-refractivity contribution in [1.82, 2.24) is 15.1 Å². The lowest BCUT2D eigenvalue weighted by Gasteiger charge is -2.32. The highest BCUT2D eigenvalue weighted by Crippen LogP contribution is 2.40. The lowest BCUT2D eigenvalue weighted by molar-refractivity contribution is -0.155. The van der Waals surface area contributed by atoms with E-state index in [4.69, 9.17) is 47.7 Å². The summed E-state index contributed by atoms with van der Waals surface area (Å²) >= 11 is 1.59. The molecule has 2 N–H and O–H groups in total. The summed E-state index contributed by atoms with van der Waals surface area (Å²) in [7, 11) is 3.61. The highest BCUT2D eigenvalue weighted by atomic mass is 32.2. The summed E-state index contributed by atoms with van der Waals surface area (Å²) < 4.78 is 49.9. The smallest absolute Gasteiger partial charge is 0.415 e. The van der Waals surface area contributed by atoms with E-state index in [0.29, 0.717) is 56.2 Å². The summed E-state index contributed by atoms with van der Waals surface area (Å²) in [5, 5.41) is 12.4. The van der Waals surface area contributed by atoms with Crippen LogP contribution in [0.15, 0.2) is 140 Å². The molecule has 0 aliphatic heterocycles. The molecule has 0 heterocycles. The predicted molar refractivity (Wildman–Crippen MR) is 602 cm³/mol. The number of aromatic carboxylic acids is 1. The Morgan fingerprint density at radius 3 is 1.01 bits per heavy atom. The number of esters is 8. The van der Waals surface area contributed by atoms with Gasteiger partial charge in [0, 0.05) is 60.7 Å². The second-order valence-electron chi connectivity index (χ2n) is 54.1. The molecule has 1 amide bonds. The Kier molecular flexibility index (Phi) is 49.9. The van der Waals surface area contributed by atoms with E-state index in [1.165, 1.54) is 32.7 Å². The number of ether oxygens (including phenoxy) is 9. The van der Waals surface area contributed by atoms with Crippen molar-refractivity contribution in [3.8, 4) is 5.75 Å². The van der Waals surface area contributed by atoms with Crippen LogP contribution < -0.4 is 10.1 Å². The number of hydrogen-bond acceptors (Lipinski definition) is 22. The van der Waals surface area contributed by atoms with Gasteiger partial charge < -0.3 is 62.9 Å². The first-order valence-electron chi connectivity index (χ1n) is 51.4. The topological polar surface area (TPSA) is 293 Å². The molecular formula is C124H193N3O20S.